The monoisotopic (exact) mass is 308 g/mol. The van der Waals surface area contributed by atoms with Crippen molar-refractivity contribution >= 4 is 11.9 Å². The SMILES string of the molecule is CCN(CCOC)c1nc(-c2cnc(N)nc2)c(F)c(=O)[nH]1. The van der Waals surface area contributed by atoms with E-state index in [1.165, 1.54) is 12.4 Å². The number of aromatic amines is 1. The van der Waals surface area contributed by atoms with Gasteiger partial charge in [-0.05, 0) is 6.92 Å². The highest BCUT2D eigenvalue weighted by molar-refractivity contribution is 5.59. The van der Waals surface area contributed by atoms with Crippen molar-refractivity contribution in [1.82, 2.24) is 19.9 Å². The summed E-state index contributed by atoms with van der Waals surface area (Å²) in [5, 5.41) is 0. The van der Waals surface area contributed by atoms with E-state index in [0.717, 1.165) is 0 Å². The standard InChI is InChI=1S/C13H17FN6O2/c1-3-20(4-5-22-2)13-18-10(9(14)11(21)19-13)8-6-16-12(15)17-7-8/h6-7H,3-5H2,1-2H3,(H2,15,16,17)(H,18,19,21). The highest BCUT2D eigenvalue weighted by atomic mass is 19.1. The molecule has 2 heterocycles. The smallest absolute Gasteiger partial charge is 0.289 e. The highest BCUT2D eigenvalue weighted by Gasteiger charge is 2.16. The molecule has 8 nitrogen and oxygen atoms in total. The molecule has 3 N–H and O–H groups in total. The maximum absolute atomic E-state index is 14.1. The minimum atomic E-state index is -0.986. The molecule has 0 fully saturated rings. The van der Waals surface area contributed by atoms with Gasteiger partial charge in [0, 0.05) is 38.2 Å². The third-order valence-corrected chi connectivity index (χ3v) is 3.04. The quantitative estimate of drug-likeness (QED) is 0.795. The van der Waals surface area contributed by atoms with Gasteiger partial charge in [-0.1, -0.05) is 0 Å². The number of H-pyrrole nitrogens is 1. The fourth-order valence-electron chi connectivity index (χ4n) is 1.86. The van der Waals surface area contributed by atoms with Crippen molar-refractivity contribution in [3.8, 4) is 11.3 Å². The van der Waals surface area contributed by atoms with Gasteiger partial charge in [-0.15, -0.1) is 0 Å². The lowest BCUT2D eigenvalue weighted by molar-refractivity contribution is 0.205. The lowest BCUT2D eigenvalue weighted by atomic mass is 10.2. The van der Waals surface area contributed by atoms with Crippen molar-refractivity contribution in [2.75, 3.05) is 37.4 Å². The summed E-state index contributed by atoms with van der Waals surface area (Å²) >= 11 is 0. The van der Waals surface area contributed by atoms with Gasteiger partial charge in [0.15, 0.2) is 0 Å². The van der Waals surface area contributed by atoms with E-state index >= 15 is 0 Å². The first kappa shape index (κ1) is 15.8. The van der Waals surface area contributed by atoms with Gasteiger partial charge in [-0.2, -0.15) is 4.39 Å². The maximum atomic E-state index is 14.1. The Bertz CT molecular complexity index is 688. The lowest BCUT2D eigenvalue weighted by Gasteiger charge is -2.21. The molecule has 0 saturated carbocycles. The zero-order valence-corrected chi connectivity index (χ0v) is 12.3. The normalized spacial score (nSPS) is 10.7. The van der Waals surface area contributed by atoms with Crippen LogP contribution in [0.2, 0.25) is 0 Å². The number of hydrogen-bond donors (Lipinski definition) is 2. The maximum Gasteiger partial charge on any atom is 0.289 e. The van der Waals surface area contributed by atoms with Crippen LogP contribution < -0.4 is 16.2 Å². The number of nitrogens with one attached hydrogen (secondary N) is 1. The first-order valence-corrected chi connectivity index (χ1v) is 6.68. The number of hydrogen-bond acceptors (Lipinski definition) is 7. The van der Waals surface area contributed by atoms with Gasteiger partial charge >= 0.3 is 0 Å². The van der Waals surface area contributed by atoms with Crippen LogP contribution in [-0.4, -0.2) is 46.7 Å². The van der Waals surface area contributed by atoms with E-state index in [4.69, 9.17) is 10.5 Å². The Balaban J connectivity index is 2.46. The van der Waals surface area contributed by atoms with E-state index in [2.05, 4.69) is 19.9 Å². The van der Waals surface area contributed by atoms with Crippen molar-refractivity contribution < 1.29 is 9.13 Å². The molecule has 22 heavy (non-hydrogen) atoms. The number of methoxy groups -OCH3 is 1. The Kier molecular flexibility index (Phi) is 4.99. The van der Waals surface area contributed by atoms with Crippen LogP contribution in [0.4, 0.5) is 16.3 Å². The second kappa shape index (κ2) is 6.94. The van der Waals surface area contributed by atoms with Gasteiger partial charge in [-0.25, -0.2) is 15.0 Å². The van der Waals surface area contributed by atoms with E-state index in [-0.39, 0.29) is 23.2 Å². The summed E-state index contributed by atoms with van der Waals surface area (Å²) in [6.07, 6.45) is 2.64. The molecular formula is C13H17FN6O2. The zero-order valence-electron chi connectivity index (χ0n) is 12.3. The Morgan fingerprint density at radius 2 is 2.09 bits per heavy atom. The van der Waals surface area contributed by atoms with Crippen molar-refractivity contribution in [2.45, 2.75) is 6.92 Å². The van der Waals surface area contributed by atoms with E-state index < -0.39 is 11.4 Å². The summed E-state index contributed by atoms with van der Waals surface area (Å²) in [6, 6.07) is 0. The molecule has 9 heteroatoms. The number of likely N-dealkylation sites (N-methyl/N-ethyl adjacent to an activating group) is 1. The predicted molar refractivity (Wildman–Crippen MR) is 80.0 cm³/mol. The number of aromatic nitrogens is 4. The molecule has 0 aliphatic carbocycles. The number of nitrogens with zero attached hydrogens (tertiary/aromatic N) is 4. The summed E-state index contributed by atoms with van der Waals surface area (Å²) in [6.45, 7) is 3.44. The number of anilines is 2. The molecule has 2 aromatic rings. The third-order valence-electron chi connectivity index (χ3n) is 3.04. The van der Waals surface area contributed by atoms with Crippen LogP contribution in [0.3, 0.4) is 0 Å². The summed E-state index contributed by atoms with van der Waals surface area (Å²) in [7, 11) is 1.58. The molecule has 0 aliphatic rings. The molecule has 2 aromatic heterocycles. The Morgan fingerprint density at radius 1 is 1.41 bits per heavy atom. The highest BCUT2D eigenvalue weighted by Crippen LogP contribution is 2.19. The fraction of sp³-hybridized carbons (Fsp3) is 0.385. The molecule has 0 unspecified atom stereocenters. The van der Waals surface area contributed by atoms with Gasteiger partial charge in [0.25, 0.3) is 5.56 Å². The number of rotatable bonds is 6. The van der Waals surface area contributed by atoms with Crippen LogP contribution in [0, 0.1) is 5.82 Å². The van der Waals surface area contributed by atoms with Gasteiger partial charge < -0.3 is 15.4 Å². The van der Waals surface area contributed by atoms with Crippen LogP contribution in [0.5, 0.6) is 0 Å². The predicted octanol–water partition coefficient (Wildman–Crippen LogP) is 0.421. The van der Waals surface area contributed by atoms with Gasteiger partial charge in [0.05, 0.1) is 6.61 Å². The first-order valence-electron chi connectivity index (χ1n) is 6.68. The summed E-state index contributed by atoms with van der Waals surface area (Å²) < 4.78 is 19.1. The van der Waals surface area contributed by atoms with E-state index in [0.29, 0.717) is 19.7 Å². The number of nitrogen functional groups attached to an aromatic ring is 1. The Morgan fingerprint density at radius 3 is 2.68 bits per heavy atom. The van der Waals surface area contributed by atoms with Crippen molar-refractivity contribution in [1.29, 1.82) is 0 Å². The van der Waals surface area contributed by atoms with E-state index in [9.17, 15) is 9.18 Å². The third kappa shape index (κ3) is 3.37. The van der Waals surface area contributed by atoms with Crippen LogP contribution in [-0.2, 0) is 4.74 Å². The minimum Gasteiger partial charge on any atom is -0.383 e. The molecule has 0 atom stereocenters. The fourth-order valence-corrected chi connectivity index (χ4v) is 1.86. The molecular weight excluding hydrogens is 291 g/mol. The van der Waals surface area contributed by atoms with Crippen LogP contribution in [0.1, 0.15) is 6.92 Å². The van der Waals surface area contributed by atoms with E-state index in [1.54, 1.807) is 12.0 Å². The van der Waals surface area contributed by atoms with Crippen LogP contribution in [0.25, 0.3) is 11.3 Å². The van der Waals surface area contributed by atoms with Gasteiger partial charge in [-0.3, -0.25) is 9.78 Å². The molecule has 0 spiro atoms. The van der Waals surface area contributed by atoms with Crippen LogP contribution in [0.15, 0.2) is 17.2 Å². The number of halogens is 1. The average molecular weight is 308 g/mol. The number of nitrogens with two attached hydrogens (primary N) is 1. The summed E-state index contributed by atoms with van der Waals surface area (Å²) in [5.41, 5.74) is 4.71. The molecule has 0 bridgehead atoms. The molecule has 0 amide bonds. The summed E-state index contributed by atoms with van der Waals surface area (Å²) in [5.74, 6) is -0.665. The molecule has 0 aliphatic heterocycles. The molecule has 0 radical (unpaired) electrons. The molecule has 0 aromatic carbocycles. The van der Waals surface area contributed by atoms with Crippen molar-refractivity contribution in [3.63, 3.8) is 0 Å². The van der Waals surface area contributed by atoms with Crippen molar-refractivity contribution in [3.05, 3.63) is 28.6 Å². The average Bonchev–Trinajstić information content (AvgIpc) is 2.52. The second-order valence-corrected chi connectivity index (χ2v) is 4.45. The largest absolute Gasteiger partial charge is 0.383 e. The van der Waals surface area contributed by atoms with E-state index in [1.807, 2.05) is 6.92 Å². The minimum absolute atomic E-state index is 0.0597. The summed E-state index contributed by atoms with van der Waals surface area (Å²) in [4.78, 5) is 27.7. The van der Waals surface area contributed by atoms with Crippen LogP contribution >= 0.6 is 0 Å². The molecule has 2 rings (SSSR count). The zero-order chi connectivity index (χ0) is 16.1. The van der Waals surface area contributed by atoms with Gasteiger partial charge in [0.1, 0.15) is 5.69 Å². The second-order valence-electron chi connectivity index (χ2n) is 4.45. The first-order chi connectivity index (χ1) is 10.6. The lowest BCUT2D eigenvalue weighted by Crippen LogP contribution is -2.31. The Labute approximate surface area is 126 Å². The molecule has 0 saturated heterocycles. The number of ether oxygens (including phenoxy) is 1. The van der Waals surface area contributed by atoms with Gasteiger partial charge in [0.2, 0.25) is 17.7 Å². The Hall–Kier alpha value is -2.55. The van der Waals surface area contributed by atoms with Crippen molar-refractivity contribution in [2.24, 2.45) is 0 Å². The topological polar surface area (TPSA) is 110 Å². The molecule has 118 valence electrons.